The van der Waals surface area contributed by atoms with Gasteiger partial charge in [-0.3, -0.25) is 4.79 Å². The van der Waals surface area contributed by atoms with Crippen LogP contribution in [0.15, 0.2) is 12.3 Å². The van der Waals surface area contributed by atoms with Crippen LogP contribution < -0.4 is 5.32 Å². The SMILES string of the molecule is COC(=O)C12CCC(CNCc3ccnc(Cl)c3F)(CC1)C2. The number of pyridine rings is 1. The van der Waals surface area contributed by atoms with Gasteiger partial charge in [-0.25, -0.2) is 9.37 Å². The first-order valence-corrected chi connectivity index (χ1v) is 7.96. The Kier molecular flexibility index (Phi) is 4.12. The second-order valence-corrected chi connectivity index (χ2v) is 6.99. The molecule has 0 atom stereocenters. The minimum absolute atomic E-state index is 0.0705. The number of aromatic nitrogens is 1. The second kappa shape index (κ2) is 5.78. The molecule has 6 heteroatoms. The van der Waals surface area contributed by atoms with Crippen LogP contribution in [-0.4, -0.2) is 24.6 Å². The molecule has 0 aliphatic heterocycles. The zero-order valence-electron chi connectivity index (χ0n) is 12.6. The molecule has 0 aromatic carbocycles. The molecule has 2 bridgehead atoms. The number of hydrogen-bond donors (Lipinski definition) is 1. The average molecular weight is 327 g/mol. The standard InChI is InChI=1S/C16H20ClFN2O2/c1-22-14(21)16-5-3-15(9-16,4-6-16)10-19-8-11-2-7-20-13(17)12(11)18/h2,7,19H,3-6,8-10H2,1H3. The van der Waals surface area contributed by atoms with Gasteiger partial charge in [0.25, 0.3) is 0 Å². The fourth-order valence-corrected chi connectivity index (χ4v) is 4.29. The number of methoxy groups -OCH3 is 1. The highest BCUT2D eigenvalue weighted by atomic mass is 35.5. The molecule has 22 heavy (non-hydrogen) atoms. The maximum atomic E-state index is 13.8. The molecule has 1 aromatic heterocycles. The van der Waals surface area contributed by atoms with E-state index in [-0.39, 0.29) is 22.0 Å². The minimum Gasteiger partial charge on any atom is -0.469 e. The van der Waals surface area contributed by atoms with E-state index in [2.05, 4.69) is 10.3 Å². The highest BCUT2D eigenvalue weighted by Crippen LogP contribution is 2.61. The van der Waals surface area contributed by atoms with Crippen molar-refractivity contribution < 1.29 is 13.9 Å². The molecule has 0 radical (unpaired) electrons. The van der Waals surface area contributed by atoms with Gasteiger partial charge in [-0.1, -0.05) is 11.6 Å². The van der Waals surface area contributed by atoms with E-state index in [0.717, 1.165) is 38.6 Å². The molecule has 4 nitrogen and oxygen atoms in total. The van der Waals surface area contributed by atoms with Gasteiger partial charge in [-0.15, -0.1) is 0 Å². The lowest BCUT2D eigenvalue weighted by Crippen LogP contribution is -2.30. The number of esters is 1. The van der Waals surface area contributed by atoms with Crippen LogP contribution in [0.3, 0.4) is 0 Å². The van der Waals surface area contributed by atoms with Crippen LogP contribution >= 0.6 is 11.6 Å². The third-order valence-electron chi connectivity index (χ3n) is 5.34. The van der Waals surface area contributed by atoms with Gasteiger partial charge in [0.2, 0.25) is 0 Å². The summed E-state index contributed by atoms with van der Waals surface area (Å²) in [5.41, 5.74) is 0.384. The molecule has 2 saturated carbocycles. The topological polar surface area (TPSA) is 51.2 Å². The van der Waals surface area contributed by atoms with Crippen molar-refractivity contribution in [1.82, 2.24) is 10.3 Å². The van der Waals surface area contributed by atoms with E-state index in [0.29, 0.717) is 12.1 Å². The predicted molar refractivity (Wildman–Crippen MR) is 80.9 cm³/mol. The van der Waals surface area contributed by atoms with Crippen LogP contribution in [0.1, 0.15) is 37.7 Å². The molecule has 2 aliphatic rings. The summed E-state index contributed by atoms with van der Waals surface area (Å²) in [6.45, 7) is 1.20. The molecule has 2 fully saturated rings. The first-order valence-electron chi connectivity index (χ1n) is 7.58. The molecule has 2 aliphatic carbocycles. The second-order valence-electron chi connectivity index (χ2n) is 6.63. The number of carbonyl (C=O) groups excluding carboxylic acids is 1. The van der Waals surface area contributed by atoms with E-state index in [1.807, 2.05) is 0 Å². The van der Waals surface area contributed by atoms with Crippen LogP contribution in [0.25, 0.3) is 0 Å². The number of carbonyl (C=O) groups is 1. The number of nitrogens with zero attached hydrogens (tertiary/aromatic N) is 1. The van der Waals surface area contributed by atoms with Crippen molar-refractivity contribution >= 4 is 17.6 Å². The lowest BCUT2D eigenvalue weighted by atomic mass is 9.82. The molecule has 0 unspecified atom stereocenters. The average Bonchev–Trinajstić information content (AvgIpc) is 3.08. The molecule has 1 aromatic rings. The minimum atomic E-state index is -0.462. The molecular weight excluding hydrogens is 307 g/mol. The van der Waals surface area contributed by atoms with Crippen molar-refractivity contribution in [3.63, 3.8) is 0 Å². The largest absolute Gasteiger partial charge is 0.469 e. The van der Waals surface area contributed by atoms with Crippen LogP contribution in [0.5, 0.6) is 0 Å². The summed E-state index contributed by atoms with van der Waals surface area (Å²) in [5.74, 6) is -0.533. The zero-order valence-corrected chi connectivity index (χ0v) is 13.4. The molecule has 0 saturated heterocycles. The van der Waals surface area contributed by atoms with Gasteiger partial charge in [0.15, 0.2) is 11.0 Å². The Hall–Kier alpha value is -1.20. The Labute approximate surface area is 134 Å². The first kappa shape index (κ1) is 15.7. The predicted octanol–water partition coefficient (Wildman–Crippen LogP) is 3.09. The summed E-state index contributed by atoms with van der Waals surface area (Å²) in [5, 5.41) is 3.23. The highest BCUT2D eigenvalue weighted by Gasteiger charge is 2.58. The van der Waals surface area contributed by atoms with Crippen molar-refractivity contribution in [2.24, 2.45) is 10.8 Å². The number of nitrogens with one attached hydrogen (secondary N) is 1. The van der Waals surface area contributed by atoms with Crippen molar-refractivity contribution in [3.05, 3.63) is 28.8 Å². The third kappa shape index (κ3) is 2.61. The van der Waals surface area contributed by atoms with Crippen molar-refractivity contribution in [3.8, 4) is 0 Å². The molecule has 1 N–H and O–H groups in total. The molecular formula is C16H20ClFN2O2. The number of fused-ring (bicyclic) bond motifs is 2. The maximum Gasteiger partial charge on any atom is 0.311 e. The van der Waals surface area contributed by atoms with Gasteiger partial charge < -0.3 is 10.1 Å². The first-order chi connectivity index (χ1) is 10.5. The summed E-state index contributed by atoms with van der Waals surface area (Å²) >= 11 is 5.69. The van der Waals surface area contributed by atoms with E-state index in [4.69, 9.17) is 16.3 Å². The van der Waals surface area contributed by atoms with Crippen LogP contribution in [0, 0.1) is 16.6 Å². The Bertz CT molecular complexity index is 586. The summed E-state index contributed by atoms with van der Waals surface area (Å²) in [6.07, 6.45) is 6.23. The van der Waals surface area contributed by atoms with Crippen LogP contribution in [-0.2, 0) is 16.1 Å². The molecule has 0 spiro atoms. The molecule has 3 rings (SSSR count). The van der Waals surface area contributed by atoms with Gasteiger partial charge in [0.05, 0.1) is 12.5 Å². The fourth-order valence-electron chi connectivity index (χ4n) is 4.12. The van der Waals surface area contributed by atoms with E-state index in [1.165, 1.54) is 13.3 Å². The quantitative estimate of drug-likeness (QED) is 0.667. The summed E-state index contributed by atoms with van der Waals surface area (Å²) in [6, 6.07) is 1.63. The molecule has 1 heterocycles. The normalized spacial score (nSPS) is 29.8. The van der Waals surface area contributed by atoms with E-state index < -0.39 is 5.82 Å². The zero-order chi connectivity index (χ0) is 15.8. The molecule has 120 valence electrons. The van der Waals surface area contributed by atoms with Crippen LogP contribution in [0.4, 0.5) is 4.39 Å². The van der Waals surface area contributed by atoms with Crippen molar-refractivity contribution in [1.29, 1.82) is 0 Å². The van der Waals surface area contributed by atoms with E-state index in [1.54, 1.807) is 6.07 Å². The van der Waals surface area contributed by atoms with Gasteiger partial charge in [0, 0.05) is 24.8 Å². The van der Waals surface area contributed by atoms with E-state index in [9.17, 15) is 9.18 Å². The summed E-state index contributed by atoms with van der Waals surface area (Å²) < 4.78 is 18.8. The van der Waals surface area contributed by atoms with Gasteiger partial charge in [0.1, 0.15) is 0 Å². The Morgan fingerprint density at radius 2 is 2.18 bits per heavy atom. The lowest BCUT2D eigenvalue weighted by molar-refractivity contribution is -0.152. The number of hydrogen-bond acceptors (Lipinski definition) is 4. The third-order valence-corrected chi connectivity index (χ3v) is 5.61. The maximum absolute atomic E-state index is 13.8. The Morgan fingerprint density at radius 3 is 2.86 bits per heavy atom. The molecule has 0 amide bonds. The number of halogens is 2. The van der Waals surface area contributed by atoms with Gasteiger partial charge in [-0.05, 0) is 43.6 Å². The number of rotatable bonds is 5. The highest BCUT2D eigenvalue weighted by molar-refractivity contribution is 6.29. The van der Waals surface area contributed by atoms with Gasteiger partial charge in [-0.2, -0.15) is 0 Å². The number of ether oxygens (including phenoxy) is 1. The summed E-state index contributed by atoms with van der Waals surface area (Å²) in [4.78, 5) is 15.7. The smallest absolute Gasteiger partial charge is 0.311 e. The Morgan fingerprint density at radius 1 is 1.45 bits per heavy atom. The van der Waals surface area contributed by atoms with E-state index >= 15 is 0 Å². The van der Waals surface area contributed by atoms with Crippen molar-refractivity contribution in [2.45, 2.75) is 38.6 Å². The monoisotopic (exact) mass is 326 g/mol. The van der Waals surface area contributed by atoms with Gasteiger partial charge >= 0.3 is 5.97 Å². The Balaban J connectivity index is 1.59. The summed E-state index contributed by atoms with van der Waals surface area (Å²) in [7, 11) is 1.46. The fraction of sp³-hybridized carbons (Fsp3) is 0.625. The lowest BCUT2D eigenvalue weighted by Gasteiger charge is -2.27. The van der Waals surface area contributed by atoms with Crippen LogP contribution in [0.2, 0.25) is 5.15 Å². The van der Waals surface area contributed by atoms with Crippen molar-refractivity contribution in [2.75, 3.05) is 13.7 Å².